The van der Waals surface area contributed by atoms with E-state index in [1.807, 2.05) is 6.08 Å². The SMILES string of the molecule is CCCC1=CC(CO)ON1. The lowest BCUT2D eigenvalue weighted by Crippen LogP contribution is -2.15. The van der Waals surface area contributed by atoms with Gasteiger partial charge in [0, 0.05) is 5.70 Å². The molecule has 0 spiro atoms. The van der Waals surface area contributed by atoms with Crippen molar-refractivity contribution in [1.29, 1.82) is 0 Å². The predicted octanol–water partition coefficient (Wildman–Crippen LogP) is 0.566. The van der Waals surface area contributed by atoms with Crippen molar-refractivity contribution in [3.05, 3.63) is 11.8 Å². The number of allylic oxidation sites excluding steroid dienone is 1. The molecule has 0 fully saturated rings. The Morgan fingerprint density at radius 2 is 2.60 bits per heavy atom. The van der Waals surface area contributed by atoms with Crippen LogP contribution in [0.5, 0.6) is 0 Å². The van der Waals surface area contributed by atoms with Crippen LogP contribution >= 0.6 is 0 Å². The van der Waals surface area contributed by atoms with Crippen LogP contribution < -0.4 is 5.48 Å². The summed E-state index contributed by atoms with van der Waals surface area (Å²) in [4.78, 5) is 4.97. The van der Waals surface area contributed by atoms with Crippen molar-refractivity contribution < 1.29 is 9.94 Å². The smallest absolute Gasteiger partial charge is 0.128 e. The Bertz CT molecular complexity index is 134. The fourth-order valence-corrected chi connectivity index (χ4v) is 0.937. The number of hydroxylamine groups is 1. The monoisotopic (exact) mass is 143 g/mol. The van der Waals surface area contributed by atoms with Crippen LogP contribution in [0.4, 0.5) is 0 Å². The van der Waals surface area contributed by atoms with E-state index in [0.29, 0.717) is 0 Å². The highest BCUT2D eigenvalue weighted by Gasteiger charge is 2.13. The molecular formula is C7H13NO2. The molecular weight excluding hydrogens is 130 g/mol. The number of nitrogens with one attached hydrogen (secondary N) is 1. The van der Waals surface area contributed by atoms with Gasteiger partial charge in [-0.1, -0.05) is 13.3 Å². The van der Waals surface area contributed by atoms with Gasteiger partial charge in [-0.2, -0.15) is 0 Å². The van der Waals surface area contributed by atoms with Crippen molar-refractivity contribution in [3.63, 3.8) is 0 Å². The quantitative estimate of drug-likeness (QED) is 0.606. The van der Waals surface area contributed by atoms with Crippen LogP contribution in [0.3, 0.4) is 0 Å². The van der Waals surface area contributed by atoms with E-state index in [0.717, 1.165) is 18.5 Å². The van der Waals surface area contributed by atoms with E-state index >= 15 is 0 Å². The molecule has 58 valence electrons. The lowest BCUT2D eigenvalue weighted by atomic mass is 10.2. The second kappa shape index (κ2) is 3.58. The molecule has 0 saturated carbocycles. The Morgan fingerprint density at radius 1 is 1.80 bits per heavy atom. The van der Waals surface area contributed by atoms with Crippen molar-refractivity contribution in [2.75, 3.05) is 6.61 Å². The van der Waals surface area contributed by atoms with Crippen LogP contribution in [0.15, 0.2) is 11.8 Å². The molecule has 2 N–H and O–H groups in total. The first-order chi connectivity index (χ1) is 4.86. The Labute approximate surface area is 60.6 Å². The highest BCUT2D eigenvalue weighted by molar-refractivity contribution is 5.05. The van der Waals surface area contributed by atoms with E-state index in [1.54, 1.807) is 0 Å². The molecule has 1 rings (SSSR count). The topological polar surface area (TPSA) is 41.5 Å². The zero-order valence-corrected chi connectivity index (χ0v) is 6.13. The average molecular weight is 143 g/mol. The lowest BCUT2D eigenvalue weighted by molar-refractivity contribution is 0.00972. The van der Waals surface area contributed by atoms with Gasteiger partial charge in [-0.15, -0.1) is 0 Å². The van der Waals surface area contributed by atoms with Crippen LogP contribution in [0.25, 0.3) is 0 Å². The predicted molar refractivity (Wildman–Crippen MR) is 38.1 cm³/mol. The summed E-state index contributed by atoms with van der Waals surface area (Å²) >= 11 is 0. The number of rotatable bonds is 3. The van der Waals surface area contributed by atoms with Crippen molar-refractivity contribution in [3.8, 4) is 0 Å². The molecule has 0 saturated heterocycles. The maximum absolute atomic E-state index is 8.64. The summed E-state index contributed by atoms with van der Waals surface area (Å²) in [6, 6.07) is 0. The first kappa shape index (κ1) is 7.57. The second-order valence-electron chi connectivity index (χ2n) is 2.38. The second-order valence-corrected chi connectivity index (χ2v) is 2.38. The van der Waals surface area contributed by atoms with Crippen molar-refractivity contribution in [2.24, 2.45) is 0 Å². The maximum atomic E-state index is 8.64. The van der Waals surface area contributed by atoms with Crippen LogP contribution in [0.1, 0.15) is 19.8 Å². The molecule has 10 heavy (non-hydrogen) atoms. The van der Waals surface area contributed by atoms with Gasteiger partial charge in [-0.3, -0.25) is 10.3 Å². The number of hydrogen-bond acceptors (Lipinski definition) is 3. The molecule has 1 unspecified atom stereocenters. The normalized spacial score (nSPS) is 24.2. The standard InChI is InChI=1S/C7H13NO2/c1-2-3-6-4-7(5-9)10-8-6/h4,7-9H,2-3,5H2,1H3. The minimum absolute atomic E-state index is 0.0558. The molecule has 1 heterocycles. The number of hydrogen-bond donors (Lipinski definition) is 2. The van der Waals surface area contributed by atoms with E-state index in [1.165, 1.54) is 0 Å². The molecule has 0 aromatic rings. The Hall–Kier alpha value is -0.540. The zero-order valence-electron chi connectivity index (χ0n) is 6.13. The number of aliphatic hydroxyl groups excluding tert-OH is 1. The zero-order chi connectivity index (χ0) is 7.40. The van der Waals surface area contributed by atoms with E-state index in [2.05, 4.69) is 12.4 Å². The van der Waals surface area contributed by atoms with Crippen LogP contribution in [-0.2, 0) is 4.84 Å². The fourth-order valence-electron chi connectivity index (χ4n) is 0.937. The maximum Gasteiger partial charge on any atom is 0.128 e. The molecule has 3 nitrogen and oxygen atoms in total. The number of aliphatic hydroxyl groups is 1. The van der Waals surface area contributed by atoms with E-state index in [9.17, 15) is 0 Å². The van der Waals surface area contributed by atoms with Crippen molar-refractivity contribution >= 4 is 0 Å². The first-order valence-electron chi connectivity index (χ1n) is 3.60. The summed E-state index contributed by atoms with van der Waals surface area (Å²) in [5.74, 6) is 0. The highest BCUT2D eigenvalue weighted by Crippen LogP contribution is 2.10. The molecule has 0 bridgehead atoms. The average Bonchev–Trinajstić information content (AvgIpc) is 2.37. The van der Waals surface area contributed by atoms with Crippen LogP contribution in [-0.4, -0.2) is 17.8 Å². The van der Waals surface area contributed by atoms with Gasteiger partial charge in [0.05, 0.1) is 6.61 Å². The van der Waals surface area contributed by atoms with Gasteiger partial charge in [0.1, 0.15) is 6.10 Å². The minimum Gasteiger partial charge on any atom is -0.393 e. The summed E-state index contributed by atoms with van der Waals surface area (Å²) in [6.45, 7) is 2.16. The molecule has 0 aliphatic carbocycles. The lowest BCUT2D eigenvalue weighted by Gasteiger charge is -2.01. The molecule has 0 radical (unpaired) electrons. The third kappa shape index (κ3) is 1.72. The Kier molecular flexibility index (Phi) is 2.71. The Balaban J connectivity index is 2.33. The summed E-state index contributed by atoms with van der Waals surface area (Å²) < 4.78 is 0. The van der Waals surface area contributed by atoms with Gasteiger partial charge in [0.2, 0.25) is 0 Å². The summed E-state index contributed by atoms with van der Waals surface area (Å²) in [5.41, 5.74) is 3.84. The van der Waals surface area contributed by atoms with E-state index in [-0.39, 0.29) is 12.7 Å². The molecule has 1 atom stereocenters. The third-order valence-electron chi connectivity index (χ3n) is 1.43. The van der Waals surface area contributed by atoms with Crippen molar-refractivity contribution in [1.82, 2.24) is 5.48 Å². The molecule has 3 heteroatoms. The summed E-state index contributed by atoms with van der Waals surface area (Å²) in [5, 5.41) is 8.64. The van der Waals surface area contributed by atoms with Crippen LogP contribution in [0, 0.1) is 0 Å². The van der Waals surface area contributed by atoms with Gasteiger partial charge in [-0.25, -0.2) is 0 Å². The minimum atomic E-state index is -0.137. The van der Waals surface area contributed by atoms with Crippen molar-refractivity contribution in [2.45, 2.75) is 25.9 Å². The Morgan fingerprint density at radius 3 is 3.10 bits per heavy atom. The van der Waals surface area contributed by atoms with Gasteiger partial charge in [-0.05, 0) is 12.5 Å². The van der Waals surface area contributed by atoms with Gasteiger partial charge in [0.15, 0.2) is 0 Å². The summed E-state index contributed by atoms with van der Waals surface area (Å²) in [7, 11) is 0. The third-order valence-corrected chi connectivity index (χ3v) is 1.43. The van der Waals surface area contributed by atoms with Crippen LogP contribution in [0.2, 0.25) is 0 Å². The van der Waals surface area contributed by atoms with Gasteiger partial charge >= 0.3 is 0 Å². The largest absolute Gasteiger partial charge is 0.393 e. The molecule has 0 amide bonds. The van der Waals surface area contributed by atoms with Gasteiger partial charge in [0.25, 0.3) is 0 Å². The fraction of sp³-hybridized carbons (Fsp3) is 0.714. The molecule has 1 aliphatic rings. The first-order valence-corrected chi connectivity index (χ1v) is 3.60. The summed E-state index contributed by atoms with van der Waals surface area (Å²) in [6.07, 6.45) is 3.88. The van der Waals surface area contributed by atoms with E-state index < -0.39 is 0 Å². The molecule has 0 aromatic carbocycles. The van der Waals surface area contributed by atoms with E-state index in [4.69, 9.17) is 9.94 Å². The highest BCUT2D eigenvalue weighted by atomic mass is 16.7. The molecule has 1 aliphatic heterocycles. The molecule has 0 aromatic heterocycles. The van der Waals surface area contributed by atoms with Gasteiger partial charge < -0.3 is 5.11 Å².